The Morgan fingerprint density at radius 2 is 2.06 bits per heavy atom. The minimum atomic E-state index is -0.0598. The van der Waals surface area contributed by atoms with Gasteiger partial charge in [0.1, 0.15) is 0 Å². The first-order valence-electron chi connectivity index (χ1n) is 6.54. The van der Waals surface area contributed by atoms with Gasteiger partial charge in [0.2, 0.25) is 0 Å². The van der Waals surface area contributed by atoms with Crippen molar-refractivity contribution in [3.8, 4) is 0 Å². The van der Waals surface area contributed by atoms with Gasteiger partial charge in [-0.1, -0.05) is 6.07 Å². The molecule has 1 fully saturated rings. The molecule has 0 aliphatic heterocycles. The van der Waals surface area contributed by atoms with E-state index in [0.29, 0.717) is 6.04 Å². The van der Waals surface area contributed by atoms with E-state index in [9.17, 15) is 5.11 Å². The SMILES string of the molecule is CN(CCc1ccccn1)C1CCC(O)CC1. The summed E-state index contributed by atoms with van der Waals surface area (Å²) in [7, 11) is 2.19. The summed E-state index contributed by atoms with van der Waals surface area (Å²) in [4.78, 5) is 6.76. The Morgan fingerprint density at radius 3 is 2.71 bits per heavy atom. The normalized spacial score (nSPS) is 25.1. The van der Waals surface area contributed by atoms with Crippen molar-refractivity contribution in [3.05, 3.63) is 30.1 Å². The molecule has 3 heteroatoms. The molecule has 1 saturated carbocycles. The molecule has 1 aromatic heterocycles. The van der Waals surface area contributed by atoms with Crippen LogP contribution in [0.2, 0.25) is 0 Å². The maximum absolute atomic E-state index is 9.49. The Hall–Kier alpha value is -0.930. The van der Waals surface area contributed by atoms with Gasteiger partial charge in [0.25, 0.3) is 0 Å². The first-order valence-corrected chi connectivity index (χ1v) is 6.54. The lowest BCUT2D eigenvalue weighted by atomic mass is 9.92. The minimum Gasteiger partial charge on any atom is -0.393 e. The van der Waals surface area contributed by atoms with Crippen molar-refractivity contribution < 1.29 is 5.11 Å². The third-order valence-electron chi connectivity index (χ3n) is 3.74. The molecule has 2 rings (SSSR count). The van der Waals surface area contributed by atoms with Gasteiger partial charge in [-0.05, 0) is 44.9 Å². The molecule has 0 bridgehead atoms. The lowest BCUT2D eigenvalue weighted by Crippen LogP contribution is -2.37. The lowest BCUT2D eigenvalue weighted by molar-refractivity contribution is 0.0846. The molecule has 1 aromatic rings. The number of aliphatic hydroxyl groups excluding tert-OH is 1. The zero-order valence-corrected chi connectivity index (χ0v) is 10.5. The third-order valence-corrected chi connectivity index (χ3v) is 3.74. The van der Waals surface area contributed by atoms with Crippen LogP contribution in [0.25, 0.3) is 0 Å². The Balaban J connectivity index is 1.75. The van der Waals surface area contributed by atoms with Crippen LogP contribution >= 0.6 is 0 Å². The average molecular weight is 234 g/mol. The molecule has 1 aliphatic rings. The largest absolute Gasteiger partial charge is 0.393 e. The summed E-state index contributed by atoms with van der Waals surface area (Å²) in [6, 6.07) is 6.72. The highest BCUT2D eigenvalue weighted by Gasteiger charge is 2.22. The number of rotatable bonds is 4. The molecule has 0 aromatic carbocycles. The number of nitrogens with zero attached hydrogens (tertiary/aromatic N) is 2. The monoisotopic (exact) mass is 234 g/mol. The average Bonchev–Trinajstić information content (AvgIpc) is 2.38. The van der Waals surface area contributed by atoms with Gasteiger partial charge < -0.3 is 10.0 Å². The lowest BCUT2D eigenvalue weighted by Gasteiger charge is -2.33. The van der Waals surface area contributed by atoms with Crippen molar-refractivity contribution in [3.63, 3.8) is 0 Å². The van der Waals surface area contributed by atoms with Crippen LogP contribution in [0.1, 0.15) is 31.4 Å². The van der Waals surface area contributed by atoms with Crippen LogP contribution in [0.5, 0.6) is 0 Å². The van der Waals surface area contributed by atoms with Crippen LogP contribution in [0.4, 0.5) is 0 Å². The van der Waals surface area contributed by atoms with Crippen molar-refractivity contribution in [1.29, 1.82) is 0 Å². The van der Waals surface area contributed by atoms with Gasteiger partial charge in [-0.2, -0.15) is 0 Å². The smallest absolute Gasteiger partial charge is 0.0541 e. The Morgan fingerprint density at radius 1 is 1.29 bits per heavy atom. The fourth-order valence-corrected chi connectivity index (χ4v) is 2.52. The molecule has 0 amide bonds. The number of aliphatic hydroxyl groups is 1. The molecule has 1 heterocycles. The molecule has 0 saturated heterocycles. The van der Waals surface area contributed by atoms with Crippen LogP contribution in [0.15, 0.2) is 24.4 Å². The number of likely N-dealkylation sites (N-methyl/N-ethyl adjacent to an activating group) is 1. The molecule has 94 valence electrons. The van der Waals surface area contributed by atoms with Crippen LogP contribution in [-0.4, -0.2) is 40.7 Å². The predicted molar refractivity (Wildman–Crippen MR) is 68.8 cm³/mol. The van der Waals surface area contributed by atoms with E-state index in [0.717, 1.165) is 44.3 Å². The Kier molecular flexibility index (Phi) is 4.51. The first-order chi connectivity index (χ1) is 8.25. The molecule has 0 radical (unpaired) electrons. The number of hydrogen-bond acceptors (Lipinski definition) is 3. The van der Waals surface area contributed by atoms with Crippen molar-refractivity contribution in [1.82, 2.24) is 9.88 Å². The standard InChI is InChI=1S/C14H22N2O/c1-16(13-5-7-14(17)8-6-13)11-9-12-4-2-3-10-15-12/h2-4,10,13-14,17H,5-9,11H2,1H3. The number of aromatic nitrogens is 1. The fraction of sp³-hybridized carbons (Fsp3) is 0.643. The molecule has 1 aliphatic carbocycles. The summed E-state index contributed by atoms with van der Waals surface area (Å²) in [6.07, 6.45) is 6.97. The minimum absolute atomic E-state index is 0.0598. The summed E-state index contributed by atoms with van der Waals surface area (Å²) in [5, 5.41) is 9.49. The summed E-state index contributed by atoms with van der Waals surface area (Å²) >= 11 is 0. The summed E-state index contributed by atoms with van der Waals surface area (Å²) in [5.41, 5.74) is 1.16. The maximum atomic E-state index is 9.49. The van der Waals surface area contributed by atoms with Crippen LogP contribution < -0.4 is 0 Å². The van der Waals surface area contributed by atoms with Gasteiger partial charge in [-0.3, -0.25) is 4.98 Å². The van der Waals surface area contributed by atoms with Crippen LogP contribution in [0.3, 0.4) is 0 Å². The van der Waals surface area contributed by atoms with E-state index in [2.05, 4.69) is 23.0 Å². The summed E-state index contributed by atoms with van der Waals surface area (Å²) in [6.45, 7) is 1.05. The third kappa shape index (κ3) is 3.79. The quantitative estimate of drug-likeness (QED) is 0.864. The second-order valence-corrected chi connectivity index (χ2v) is 5.01. The zero-order chi connectivity index (χ0) is 12.1. The summed E-state index contributed by atoms with van der Waals surface area (Å²) < 4.78 is 0. The van der Waals surface area contributed by atoms with Gasteiger partial charge in [0, 0.05) is 30.9 Å². The predicted octanol–water partition coefficient (Wildman–Crippen LogP) is 1.86. The second kappa shape index (κ2) is 6.12. The molecule has 3 nitrogen and oxygen atoms in total. The highest BCUT2D eigenvalue weighted by atomic mass is 16.3. The van der Waals surface area contributed by atoms with Crippen molar-refractivity contribution in [2.24, 2.45) is 0 Å². The van der Waals surface area contributed by atoms with Gasteiger partial charge in [-0.25, -0.2) is 0 Å². The van der Waals surface area contributed by atoms with E-state index in [1.54, 1.807) is 0 Å². The second-order valence-electron chi connectivity index (χ2n) is 5.01. The number of hydrogen-bond donors (Lipinski definition) is 1. The Labute approximate surface area is 103 Å². The first kappa shape index (κ1) is 12.5. The summed E-state index contributed by atoms with van der Waals surface area (Å²) in [5.74, 6) is 0. The van der Waals surface area contributed by atoms with Gasteiger partial charge in [0.15, 0.2) is 0 Å². The maximum Gasteiger partial charge on any atom is 0.0541 e. The molecular formula is C14H22N2O. The van der Waals surface area contributed by atoms with Gasteiger partial charge in [0.05, 0.1) is 6.10 Å². The topological polar surface area (TPSA) is 36.4 Å². The van der Waals surface area contributed by atoms with Crippen molar-refractivity contribution in [2.75, 3.05) is 13.6 Å². The number of pyridine rings is 1. The highest BCUT2D eigenvalue weighted by molar-refractivity contribution is 5.03. The molecule has 0 spiro atoms. The fourth-order valence-electron chi connectivity index (χ4n) is 2.52. The van der Waals surface area contributed by atoms with E-state index in [1.165, 1.54) is 0 Å². The Bertz CT molecular complexity index is 320. The van der Waals surface area contributed by atoms with Gasteiger partial charge in [-0.15, -0.1) is 0 Å². The van der Waals surface area contributed by atoms with Crippen molar-refractivity contribution >= 4 is 0 Å². The van der Waals surface area contributed by atoms with Crippen LogP contribution in [-0.2, 0) is 6.42 Å². The molecule has 0 atom stereocenters. The van der Waals surface area contributed by atoms with Crippen LogP contribution in [0, 0.1) is 0 Å². The molecule has 17 heavy (non-hydrogen) atoms. The van der Waals surface area contributed by atoms with E-state index in [-0.39, 0.29) is 6.10 Å². The van der Waals surface area contributed by atoms with Gasteiger partial charge >= 0.3 is 0 Å². The molecule has 0 unspecified atom stereocenters. The van der Waals surface area contributed by atoms with E-state index in [1.807, 2.05) is 18.3 Å². The highest BCUT2D eigenvalue weighted by Crippen LogP contribution is 2.22. The zero-order valence-electron chi connectivity index (χ0n) is 10.5. The molecule has 1 N–H and O–H groups in total. The van der Waals surface area contributed by atoms with E-state index in [4.69, 9.17) is 0 Å². The van der Waals surface area contributed by atoms with E-state index < -0.39 is 0 Å². The van der Waals surface area contributed by atoms with Crippen molar-refractivity contribution in [2.45, 2.75) is 44.2 Å². The molecular weight excluding hydrogens is 212 g/mol. The van der Waals surface area contributed by atoms with E-state index >= 15 is 0 Å².